The van der Waals surface area contributed by atoms with Crippen LogP contribution >= 0.6 is 0 Å². The minimum absolute atomic E-state index is 0.254. The number of aromatic nitrogens is 2. The molecule has 1 heterocycles. The van der Waals surface area contributed by atoms with E-state index >= 15 is 0 Å². The first-order valence-corrected chi connectivity index (χ1v) is 12.1. The molecule has 0 fully saturated rings. The van der Waals surface area contributed by atoms with Crippen molar-refractivity contribution in [1.82, 2.24) is 15.1 Å². The Kier molecular flexibility index (Phi) is 7.40. The third kappa shape index (κ3) is 4.72. The summed E-state index contributed by atoms with van der Waals surface area (Å²) < 4.78 is 21.2. The zero-order chi connectivity index (χ0) is 23.4. The van der Waals surface area contributed by atoms with Crippen LogP contribution in [-0.4, -0.2) is 53.4 Å². The monoisotopic (exact) mass is 457 g/mol. The predicted octanol–water partition coefficient (Wildman–Crippen LogP) is 3.58. The van der Waals surface area contributed by atoms with Gasteiger partial charge in [0.1, 0.15) is 22.4 Å². The zero-order valence-electron chi connectivity index (χ0n) is 19.4. The molecule has 3 aromatic rings. The fourth-order valence-electron chi connectivity index (χ4n) is 3.52. The molecule has 0 saturated heterocycles. The second-order valence-electron chi connectivity index (χ2n) is 7.82. The van der Waals surface area contributed by atoms with Crippen LogP contribution in [0.15, 0.2) is 36.4 Å². The van der Waals surface area contributed by atoms with Crippen LogP contribution in [0.4, 0.5) is 11.4 Å². The van der Waals surface area contributed by atoms with Crippen molar-refractivity contribution in [2.45, 2.75) is 20.8 Å². The molecule has 172 valence electrons. The van der Waals surface area contributed by atoms with Crippen molar-refractivity contribution in [2.24, 2.45) is 5.92 Å². The van der Waals surface area contributed by atoms with Crippen molar-refractivity contribution >= 4 is 39.2 Å². The van der Waals surface area contributed by atoms with E-state index in [0.29, 0.717) is 40.5 Å². The lowest BCUT2D eigenvalue weighted by atomic mass is 10.1. The number of hydrogen-bond donors (Lipinski definition) is 2. The first-order valence-electron chi connectivity index (χ1n) is 10.6. The third-order valence-corrected chi connectivity index (χ3v) is 6.18. The molecule has 2 N–H and O–H groups in total. The van der Waals surface area contributed by atoms with Crippen LogP contribution in [-0.2, 0) is 11.0 Å². The number of carbonyl (C=O) groups excluding carboxylic acids is 1. The van der Waals surface area contributed by atoms with Gasteiger partial charge in [-0.1, -0.05) is 13.8 Å². The summed E-state index contributed by atoms with van der Waals surface area (Å²) in [5, 5.41) is 11.5. The van der Waals surface area contributed by atoms with Gasteiger partial charge in [0.05, 0.1) is 24.0 Å². The van der Waals surface area contributed by atoms with Crippen LogP contribution in [0.2, 0.25) is 0 Å². The first kappa shape index (κ1) is 23.6. The highest BCUT2D eigenvalue weighted by molar-refractivity contribution is 7.85. The van der Waals surface area contributed by atoms with Crippen molar-refractivity contribution < 1.29 is 13.7 Å². The van der Waals surface area contributed by atoms with Gasteiger partial charge in [0.15, 0.2) is 0 Å². The molecule has 1 amide bonds. The van der Waals surface area contributed by atoms with E-state index in [9.17, 15) is 9.00 Å². The lowest BCUT2D eigenvalue weighted by Crippen LogP contribution is -2.24. The van der Waals surface area contributed by atoms with Crippen molar-refractivity contribution in [3.05, 3.63) is 42.1 Å². The van der Waals surface area contributed by atoms with Crippen molar-refractivity contribution in [3.8, 4) is 11.4 Å². The molecule has 0 aliphatic rings. The van der Waals surface area contributed by atoms with Gasteiger partial charge >= 0.3 is 0 Å². The maximum absolute atomic E-state index is 12.8. The van der Waals surface area contributed by atoms with E-state index in [-0.39, 0.29) is 5.91 Å². The van der Waals surface area contributed by atoms with Crippen molar-refractivity contribution in [1.29, 1.82) is 0 Å². The molecule has 1 aromatic heterocycles. The number of methoxy groups -OCH3 is 1. The highest BCUT2D eigenvalue weighted by atomic mass is 32.2. The van der Waals surface area contributed by atoms with Gasteiger partial charge in [0.2, 0.25) is 0 Å². The van der Waals surface area contributed by atoms with Gasteiger partial charge in [-0.3, -0.25) is 9.10 Å². The quantitative estimate of drug-likeness (QED) is 0.513. The normalized spacial score (nSPS) is 12.1. The molecule has 0 bridgehead atoms. The smallest absolute Gasteiger partial charge is 0.270 e. The Bertz CT molecular complexity index is 1120. The number of amides is 1. The molecule has 0 aliphatic heterocycles. The van der Waals surface area contributed by atoms with Crippen LogP contribution in [0.1, 0.15) is 31.3 Å². The molecular weight excluding hydrogens is 426 g/mol. The summed E-state index contributed by atoms with van der Waals surface area (Å²) in [6.45, 7) is 7.66. The molecule has 1 atom stereocenters. The topological polar surface area (TPSA) is 88.5 Å². The molecule has 3 rings (SSSR count). The standard InChI is InChI=1S/C23H31N5O3S/c1-7-27(32(6)30)20-13-19-18(12-21(20)31-5)22(23(29)24-4)28(26-19)17-10-8-16(9-11-17)25-14-15(2)3/h8-13,15,25H,7,14H2,1-6H3,(H,24,29). The number of anilines is 2. The average Bonchev–Trinajstić information content (AvgIpc) is 3.15. The number of rotatable bonds is 9. The van der Waals surface area contributed by atoms with Crippen molar-refractivity contribution in [3.63, 3.8) is 0 Å². The molecule has 32 heavy (non-hydrogen) atoms. The number of nitrogens with one attached hydrogen (secondary N) is 2. The Hall–Kier alpha value is -3.07. The number of hydrogen-bond acceptors (Lipinski definition) is 5. The summed E-state index contributed by atoms with van der Waals surface area (Å²) in [5.41, 5.74) is 3.47. The van der Waals surface area contributed by atoms with E-state index < -0.39 is 11.0 Å². The van der Waals surface area contributed by atoms with E-state index in [2.05, 4.69) is 24.5 Å². The number of benzene rings is 2. The Labute approximate surface area is 191 Å². The van der Waals surface area contributed by atoms with Gasteiger partial charge in [0, 0.05) is 37.5 Å². The molecule has 9 heteroatoms. The molecule has 2 aromatic carbocycles. The third-order valence-electron chi connectivity index (χ3n) is 5.11. The lowest BCUT2D eigenvalue weighted by molar-refractivity contribution is 0.0957. The van der Waals surface area contributed by atoms with Gasteiger partial charge in [-0.05, 0) is 49.2 Å². The Morgan fingerprint density at radius 2 is 1.94 bits per heavy atom. The van der Waals surface area contributed by atoms with E-state index in [4.69, 9.17) is 9.84 Å². The van der Waals surface area contributed by atoms with Gasteiger partial charge in [-0.15, -0.1) is 0 Å². The largest absolute Gasteiger partial charge is 0.495 e. The summed E-state index contributed by atoms with van der Waals surface area (Å²) in [6.07, 6.45) is 1.62. The molecule has 0 radical (unpaired) electrons. The van der Waals surface area contributed by atoms with Crippen LogP contribution in [0.5, 0.6) is 5.75 Å². The second kappa shape index (κ2) is 10.0. The molecule has 8 nitrogen and oxygen atoms in total. The van der Waals surface area contributed by atoms with E-state index in [1.54, 1.807) is 35.5 Å². The summed E-state index contributed by atoms with van der Waals surface area (Å²) >= 11 is 0. The summed E-state index contributed by atoms with van der Waals surface area (Å²) in [5.74, 6) is 0.818. The number of fused-ring (bicyclic) bond motifs is 1. The maximum atomic E-state index is 12.8. The first-order chi connectivity index (χ1) is 15.3. The Morgan fingerprint density at radius 1 is 1.25 bits per heavy atom. The fraction of sp³-hybridized carbons (Fsp3) is 0.391. The number of carbonyl (C=O) groups is 1. The SMILES string of the molecule is CCN(c1cc2nn(-c3ccc(NCC(C)C)cc3)c(C(=O)NC)c2cc1OC)S(C)=O. The number of nitrogens with zero attached hydrogens (tertiary/aromatic N) is 3. The minimum atomic E-state index is -1.23. The van der Waals surface area contributed by atoms with Gasteiger partial charge in [0.25, 0.3) is 5.91 Å². The van der Waals surface area contributed by atoms with Crippen LogP contribution in [0.3, 0.4) is 0 Å². The molecule has 0 spiro atoms. The highest BCUT2D eigenvalue weighted by Gasteiger charge is 2.23. The van der Waals surface area contributed by atoms with E-state index in [1.165, 1.54) is 0 Å². The zero-order valence-corrected chi connectivity index (χ0v) is 20.2. The van der Waals surface area contributed by atoms with Gasteiger partial charge < -0.3 is 15.4 Å². The summed E-state index contributed by atoms with van der Waals surface area (Å²) in [4.78, 5) is 12.8. The van der Waals surface area contributed by atoms with Crippen molar-refractivity contribution in [2.75, 3.05) is 43.1 Å². The van der Waals surface area contributed by atoms with Crippen LogP contribution < -0.4 is 19.7 Å². The van der Waals surface area contributed by atoms with E-state index in [1.807, 2.05) is 37.3 Å². The van der Waals surface area contributed by atoms with E-state index in [0.717, 1.165) is 17.9 Å². The number of ether oxygens (including phenoxy) is 1. The lowest BCUT2D eigenvalue weighted by Gasteiger charge is -2.21. The van der Waals surface area contributed by atoms with Gasteiger partial charge in [-0.2, -0.15) is 5.10 Å². The average molecular weight is 458 g/mol. The molecule has 0 aliphatic carbocycles. The molecule has 1 unspecified atom stereocenters. The molecular formula is C23H31N5O3S. The van der Waals surface area contributed by atoms with Crippen LogP contribution in [0, 0.1) is 5.92 Å². The fourth-order valence-corrected chi connectivity index (χ4v) is 4.30. The second-order valence-corrected chi connectivity index (χ2v) is 9.11. The molecule has 0 saturated carbocycles. The maximum Gasteiger partial charge on any atom is 0.270 e. The highest BCUT2D eigenvalue weighted by Crippen LogP contribution is 2.35. The van der Waals surface area contributed by atoms with Crippen LogP contribution in [0.25, 0.3) is 16.6 Å². The Balaban J connectivity index is 2.16. The summed E-state index contributed by atoms with van der Waals surface area (Å²) in [7, 11) is 1.92. The van der Waals surface area contributed by atoms with Gasteiger partial charge in [-0.25, -0.2) is 8.89 Å². The Morgan fingerprint density at radius 3 is 2.47 bits per heavy atom. The minimum Gasteiger partial charge on any atom is -0.495 e. The summed E-state index contributed by atoms with van der Waals surface area (Å²) in [6, 6.07) is 11.4. The predicted molar refractivity (Wildman–Crippen MR) is 131 cm³/mol.